The minimum absolute atomic E-state index is 0.0362. The summed E-state index contributed by atoms with van der Waals surface area (Å²) >= 11 is 0. The number of imide groups is 1. The molecule has 0 bridgehead atoms. The lowest BCUT2D eigenvalue weighted by Crippen LogP contribution is -2.57. The van der Waals surface area contributed by atoms with Gasteiger partial charge >= 0.3 is 0 Å². The SMILES string of the molecule is COCC(C(=O)N1CCN(c2ccc(C)cc2)CC1)N1C(=O)CCC1=O. The fraction of sp³-hybridized carbons (Fsp3) is 0.526. The average Bonchev–Trinajstić information content (AvgIpc) is 2.98. The number of likely N-dealkylation sites (tertiary alicyclic amines) is 1. The van der Waals surface area contributed by atoms with E-state index in [1.54, 1.807) is 4.90 Å². The van der Waals surface area contributed by atoms with E-state index in [4.69, 9.17) is 4.74 Å². The van der Waals surface area contributed by atoms with E-state index in [0.717, 1.165) is 23.7 Å². The minimum atomic E-state index is -0.853. The highest BCUT2D eigenvalue weighted by molar-refractivity contribution is 6.05. The smallest absolute Gasteiger partial charge is 0.248 e. The van der Waals surface area contributed by atoms with Crippen LogP contribution in [0, 0.1) is 6.92 Å². The summed E-state index contributed by atoms with van der Waals surface area (Å²) in [5.41, 5.74) is 2.35. The van der Waals surface area contributed by atoms with Crippen LogP contribution in [-0.4, -0.2) is 73.5 Å². The van der Waals surface area contributed by atoms with Gasteiger partial charge < -0.3 is 14.5 Å². The maximum atomic E-state index is 12.9. The van der Waals surface area contributed by atoms with Crippen molar-refractivity contribution in [3.05, 3.63) is 29.8 Å². The molecule has 0 aromatic heterocycles. The first-order valence-electron chi connectivity index (χ1n) is 8.95. The van der Waals surface area contributed by atoms with Gasteiger partial charge in [0.05, 0.1) is 6.61 Å². The van der Waals surface area contributed by atoms with Crippen molar-refractivity contribution in [1.29, 1.82) is 0 Å². The van der Waals surface area contributed by atoms with Gasteiger partial charge in [-0.2, -0.15) is 0 Å². The van der Waals surface area contributed by atoms with Crippen LogP contribution in [0.25, 0.3) is 0 Å². The van der Waals surface area contributed by atoms with Gasteiger partial charge in [0.25, 0.3) is 0 Å². The van der Waals surface area contributed by atoms with Gasteiger partial charge in [-0.25, -0.2) is 0 Å². The molecule has 1 aromatic carbocycles. The molecule has 0 N–H and O–H groups in total. The number of piperazine rings is 1. The number of hydrogen-bond acceptors (Lipinski definition) is 5. The summed E-state index contributed by atoms with van der Waals surface area (Å²) in [5.74, 6) is -0.786. The molecular weight excluding hydrogens is 334 g/mol. The zero-order valence-electron chi connectivity index (χ0n) is 15.3. The van der Waals surface area contributed by atoms with Crippen molar-refractivity contribution in [2.75, 3.05) is 44.8 Å². The van der Waals surface area contributed by atoms with Crippen molar-refractivity contribution in [1.82, 2.24) is 9.80 Å². The maximum Gasteiger partial charge on any atom is 0.248 e. The van der Waals surface area contributed by atoms with Crippen LogP contribution >= 0.6 is 0 Å². The summed E-state index contributed by atoms with van der Waals surface area (Å²) in [6, 6.07) is 7.47. The summed E-state index contributed by atoms with van der Waals surface area (Å²) in [7, 11) is 1.47. The standard InChI is InChI=1S/C19H25N3O4/c1-14-3-5-15(6-4-14)20-9-11-21(12-10-20)19(25)16(13-26-2)22-17(23)7-8-18(22)24/h3-6,16H,7-13H2,1-2H3. The first-order chi connectivity index (χ1) is 12.5. The summed E-state index contributed by atoms with van der Waals surface area (Å²) in [4.78, 5) is 42.0. The van der Waals surface area contributed by atoms with Gasteiger partial charge in [0.15, 0.2) is 0 Å². The second-order valence-corrected chi connectivity index (χ2v) is 6.78. The molecule has 0 spiro atoms. The highest BCUT2D eigenvalue weighted by atomic mass is 16.5. The second kappa shape index (κ2) is 7.86. The Morgan fingerprint density at radius 1 is 1.04 bits per heavy atom. The lowest BCUT2D eigenvalue weighted by Gasteiger charge is -2.38. The Balaban J connectivity index is 1.65. The predicted molar refractivity (Wildman–Crippen MR) is 96.7 cm³/mol. The third-order valence-electron chi connectivity index (χ3n) is 5.00. The molecule has 140 valence electrons. The van der Waals surface area contributed by atoms with E-state index in [0.29, 0.717) is 13.1 Å². The van der Waals surface area contributed by atoms with Crippen LogP contribution in [0.2, 0.25) is 0 Å². The lowest BCUT2D eigenvalue weighted by atomic mass is 10.1. The molecule has 1 unspecified atom stereocenters. The Bertz CT molecular complexity index is 665. The number of ether oxygens (including phenoxy) is 1. The van der Waals surface area contributed by atoms with Crippen LogP contribution < -0.4 is 4.90 Å². The molecule has 0 aliphatic carbocycles. The summed E-state index contributed by atoms with van der Waals surface area (Å²) in [5, 5.41) is 0. The second-order valence-electron chi connectivity index (χ2n) is 6.78. The van der Waals surface area contributed by atoms with E-state index in [2.05, 4.69) is 36.1 Å². The van der Waals surface area contributed by atoms with E-state index in [1.807, 2.05) is 0 Å². The van der Waals surface area contributed by atoms with Crippen molar-refractivity contribution in [3.63, 3.8) is 0 Å². The number of hydrogen-bond donors (Lipinski definition) is 0. The van der Waals surface area contributed by atoms with Crippen molar-refractivity contribution >= 4 is 23.4 Å². The number of rotatable bonds is 5. The molecule has 2 saturated heterocycles. The summed E-state index contributed by atoms with van der Waals surface area (Å²) < 4.78 is 5.12. The first-order valence-corrected chi connectivity index (χ1v) is 8.95. The third kappa shape index (κ3) is 3.72. The van der Waals surface area contributed by atoms with Gasteiger partial charge in [-0.15, -0.1) is 0 Å². The topological polar surface area (TPSA) is 70.2 Å². The monoisotopic (exact) mass is 359 g/mol. The van der Waals surface area contributed by atoms with Crippen LogP contribution in [0.5, 0.6) is 0 Å². The molecule has 2 heterocycles. The zero-order chi connectivity index (χ0) is 18.7. The number of methoxy groups -OCH3 is 1. The van der Waals surface area contributed by atoms with E-state index < -0.39 is 6.04 Å². The Kier molecular flexibility index (Phi) is 5.56. The Morgan fingerprint density at radius 3 is 2.15 bits per heavy atom. The number of carbonyl (C=O) groups is 3. The van der Waals surface area contributed by atoms with Crippen molar-refractivity contribution in [3.8, 4) is 0 Å². The highest BCUT2D eigenvalue weighted by Crippen LogP contribution is 2.20. The van der Waals surface area contributed by atoms with Crippen LogP contribution in [0.3, 0.4) is 0 Å². The number of amides is 3. The lowest BCUT2D eigenvalue weighted by molar-refractivity contribution is -0.152. The quantitative estimate of drug-likeness (QED) is 0.728. The fourth-order valence-corrected chi connectivity index (χ4v) is 3.51. The van der Waals surface area contributed by atoms with Crippen LogP contribution in [0.4, 0.5) is 5.69 Å². The number of carbonyl (C=O) groups excluding carboxylic acids is 3. The van der Waals surface area contributed by atoms with Gasteiger partial charge in [0.2, 0.25) is 17.7 Å². The molecule has 2 aliphatic rings. The number of benzene rings is 1. The normalized spacial score (nSPS) is 19.2. The third-order valence-corrected chi connectivity index (χ3v) is 5.00. The molecule has 26 heavy (non-hydrogen) atoms. The molecule has 7 nitrogen and oxygen atoms in total. The number of nitrogens with zero attached hydrogens (tertiary/aromatic N) is 3. The Labute approximate surface area is 153 Å². The van der Waals surface area contributed by atoms with Crippen molar-refractivity contribution in [2.45, 2.75) is 25.8 Å². The first kappa shape index (κ1) is 18.4. The van der Waals surface area contributed by atoms with Gasteiger partial charge in [-0.3, -0.25) is 19.3 Å². The molecule has 0 radical (unpaired) electrons. The molecular formula is C19H25N3O4. The van der Waals surface area contributed by atoms with E-state index in [-0.39, 0.29) is 37.2 Å². The highest BCUT2D eigenvalue weighted by Gasteiger charge is 2.40. The van der Waals surface area contributed by atoms with Crippen LogP contribution in [0.15, 0.2) is 24.3 Å². The van der Waals surface area contributed by atoms with Crippen molar-refractivity contribution in [2.24, 2.45) is 0 Å². The van der Waals surface area contributed by atoms with Gasteiger partial charge in [-0.05, 0) is 19.1 Å². The Morgan fingerprint density at radius 2 is 1.62 bits per heavy atom. The van der Waals surface area contributed by atoms with Gasteiger partial charge in [0, 0.05) is 51.8 Å². The van der Waals surface area contributed by atoms with Crippen LogP contribution in [-0.2, 0) is 19.1 Å². The van der Waals surface area contributed by atoms with Gasteiger partial charge in [0.1, 0.15) is 6.04 Å². The molecule has 2 fully saturated rings. The van der Waals surface area contributed by atoms with E-state index in [9.17, 15) is 14.4 Å². The molecule has 7 heteroatoms. The minimum Gasteiger partial charge on any atom is -0.382 e. The van der Waals surface area contributed by atoms with E-state index >= 15 is 0 Å². The Hall–Kier alpha value is -2.41. The zero-order valence-corrected chi connectivity index (χ0v) is 15.3. The average molecular weight is 359 g/mol. The van der Waals surface area contributed by atoms with Crippen molar-refractivity contribution < 1.29 is 19.1 Å². The summed E-state index contributed by atoms with van der Waals surface area (Å²) in [6.45, 7) is 4.64. The largest absolute Gasteiger partial charge is 0.382 e. The number of anilines is 1. The molecule has 3 rings (SSSR count). The van der Waals surface area contributed by atoms with E-state index in [1.165, 1.54) is 12.7 Å². The molecule has 3 amide bonds. The predicted octanol–water partition coefficient (Wildman–Crippen LogP) is 0.808. The molecule has 0 saturated carbocycles. The summed E-state index contributed by atoms with van der Waals surface area (Å²) in [6.07, 6.45) is 0.348. The van der Waals surface area contributed by atoms with Crippen LogP contribution in [0.1, 0.15) is 18.4 Å². The maximum absolute atomic E-state index is 12.9. The molecule has 2 aliphatic heterocycles. The molecule has 1 aromatic rings. The molecule has 1 atom stereocenters. The number of aryl methyl sites for hydroxylation is 1. The fourth-order valence-electron chi connectivity index (χ4n) is 3.51. The van der Waals surface area contributed by atoms with Gasteiger partial charge in [-0.1, -0.05) is 17.7 Å².